The van der Waals surface area contributed by atoms with Crippen molar-refractivity contribution in [2.24, 2.45) is 11.8 Å². The van der Waals surface area contributed by atoms with E-state index in [1.54, 1.807) is 0 Å². The van der Waals surface area contributed by atoms with Gasteiger partial charge in [-0.2, -0.15) is 0 Å². The van der Waals surface area contributed by atoms with E-state index in [1.807, 2.05) is 6.92 Å². The second kappa shape index (κ2) is 6.86. The molecule has 0 unspecified atom stereocenters. The van der Waals surface area contributed by atoms with Gasteiger partial charge >= 0.3 is 5.97 Å². The summed E-state index contributed by atoms with van der Waals surface area (Å²) in [7, 11) is 0. The summed E-state index contributed by atoms with van der Waals surface area (Å²) in [5, 5.41) is 0. The predicted molar refractivity (Wildman–Crippen MR) is 61.6 cm³/mol. The molecular weight excluding hydrogens is 188 g/mol. The minimum atomic E-state index is 0.0299. The van der Waals surface area contributed by atoms with Gasteiger partial charge in [-0.25, -0.2) is 0 Å². The van der Waals surface area contributed by atoms with Gasteiger partial charge in [0, 0.05) is 0 Å². The second-order valence-electron chi connectivity index (χ2n) is 4.64. The zero-order valence-corrected chi connectivity index (χ0v) is 10.1. The molecule has 0 spiro atoms. The fourth-order valence-electron chi connectivity index (χ4n) is 2.28. The highest BCUT2D eigenvalue weighted by Crippen LogP contribution is 2.37. The molecule has 1 aliphatic carbocycles. The average molecular weight is 212 g/mol. The number of carbonyl (C=O) groups excluding carboxylic acids is 1. The first-order chi connectivity index (χ1) is 7.27. The van der Waals surface area contributed by atoms with E-state index < -0.39 is 0 Å². The van der Waals surface area contributed by atoms with Crippen molar-refractivity contribution in [3.05, 3.63) is 0 Å². The normalized spacial score (nSPS) is 24.7. The quantitative estimate of drug-likeness (QED) is 0.476. The molecule has 0 amide bonds. The summed E-state index contributed by atoms with van der Waals surface area (Å²) in [4.78, 5) is 11.3. The Morgan fingerprint density at radius 3 is 2.53 bits per heavy atom. The van der Waals surface area contributed by atoms with Gasteiger partial charge < -0.3 is 4.74 Å². The zero-order chi connectivity index (χ0) is 11.1. The molecule has 1 rings (SSSR count). The Morgan fingerprint density at radius 2 is 1.93 bits per heavy atom. The molecular formula is C13H24O2. The molecule has 0 heterocycles. The summed E-state index contributed by atoms with van der Waals surface area (Å²) in [6.07, 6.45) is 8.82. The summed E-state index contributed by atoms with van der Waals surface area (Å²) in [5.41, 5.74) is 0. The van der Waals surface area contributed by atoms with Crippen molar-refractivity contribution in [1.29, 1.82) is 0 Å². The summed E-state index contributed by atoms with van der Waals surface area (Å²) in [6, 6.07) is 0. The standard InChI is InChI=1S/C13H24O2/c1-3-5-6-7-8-11-9-12(10-11)13(14)15-4-2/h11-12H,3-10H2,1-2H3. The van der Waals surface area contributed by atoms with E-state index >= 15 is 0 Å². The summed E-state index contributed by atoms with van der Waals surface area (Å²) in [5.74, 6) is 1.06. The van der Waals surface area contributed by atoms with E-state index in [-0.39, 0.29) is 11.9 Å². The smallest absolute Gasteiger partial charge is 0.308 e. The van der Waals surface area contributed by atoms with Gasteiger partial charge in [0.1, 0.15) is 0 Å². The highest BCUT2D eigenvalue weighted by Gasteiger charge is 2.34. The number of carbonyl (C=O) groups is 1. The monoisotopic (exact) mass is 212 g/mol. The SMILES string of the molecule is CCCCCCC1CC(C(=O)OCC)C1. The van der Waals surface area contributed by atoms with Crippen LogP contribution in [0.2, 0.25) is 0 Å². The average Bonchev–Trinajstić information content (AvgIpc) is 2.15. The minimum absolute atomic E-state index is 0.0299. The van der Waals surface area contributed by atoms with Crippen molar-refractivity contribution in [2.75, 3.05) is 6.61 Å². The lowest BCUT2D eigenvalue weighted by Gasteiger charge is -2.33. The Morgan fingerprint density at radius 1 is 1.20 bits per heavy atom. The van der Waals surface area contributed by atoms with E-state index in [2.05, 4.69) is 6.92 Å². The minimum Gasteiger partial charge on any atom is -0.466 e. The van der Waals surface area contributed by atoms with Gasteiger partial charge in [-0.15, -0.1) is 0 Å². The van der Waals surface area contributed by atoms with Crippen LogP contribution < -0.4 is 0 Å². The van der Waals surface area contributed by atoms with Gasteiger partial charge in [0.2, 0.25) is 0 Å². The Hall–Kier alpha value is -0.530. The maximum absolute atomic E-state index is 11.3. The van der Waals surface area contributed by atoms with E-state index in [0.717, 1.165) is 18.8 Å². The lowest BCUT2D eigenvalue weighted by Crippen LogP contribution is -2.31. The van der Waals surface area contributed by atoms with Crippen LogP contribution in [-0.2, 0) is 9.53 Å². The molecule has 88 valence electrons. The van der Waals surface area contributed by atoms with Crippen LogP contribution in [0.15, 0.2) is 0 Å². The van der Waals surface area contributed by atoms with Crippen LogP contribution in [0.1, 0.15) is 58.8 Å². The third-order valence-corrected chi connectivity index (χ3v) is 3.32. The maximum Gasteiger partial charge on any atom is 0.308 e. The van der Waals surface area contributed by atoms with Gasteiger partial charge in [-0.05, 0) is 25.7 Å². The fourth-order valence-corrected chi connectivity index (χ4v) is 2.28. The largest absolute Gasteiger partial charge is 0.466 e. The molecule has 0 saturated heterocycles. The number of hydrogen-bond donors (Lipinski definition) is 0. The van der Waals surface area contributed by atoms with Crippen LogP contribution in [0.3, 0.4) is 0 Å². The van der Waals surface area contributed by atoms with Crippen molar-refractivity contribution < 1.29 is 9.53 Å². The van der Waals surface area contributed by atoms with Crippen LogP contribution in [0.5, 0.6) is 0 Å². The van der Waals surface area contributed by atoms with E-state index in [0.29, 0.717) is 6.61 Å². The third kappa shape index (κ3) is 4.23. The van der Waals surface area contributed by atoms with Crippen molar-refractivity contribution in [2.45, 2.75) is 58.8 Å². The Kier molecular flexibility index (Phi) is 5.74. The van der Waals surface area contributed by atoms with Crippen LogP contribution in [-0.4, -0.2) is 12.6 Å². The molecule has 0 aromatic heterocycles. The van der Waals surface area contributed by atoms with Gasteiger partial charge in [-0.1, -0.05) is 39.0 Å². The molecule has 1 aliphatic rings. The molecule has 1 saturated carbocycles. The highest BCUT2D eigenvalue weighted by molar-refractivity contribution is 5.73. The van der Waals surface area contributed by atoms with Gasteiger partial charge in [0.15, 0.2) is 0 Å². The van der Waals surface area contributed by atoms with Crippen molar-refractivity contribution >= 4 is 5.97 Å². The molecule has 0 N–H and O–H groups in total. The Bertz CT molecular complexity index is 183. The Balaban J connectivity index is 1.97. The number of rotatable bonds is 7. The lowest BCUT2D eigenvalue weighted by molar-refractivity contribution is -0.152. The number of esters is 1. The lowest BCUT2D eigenvalue weighted by atomic mass is 9.72. The van der Waals surface area contributed by atoms with Crippen LogP contribution in [0.4, 0.5) is 0 Å². The van der Waals surface area contributed by atoms with Gasteiger partial charge in [-0.3, -0.25) is 4.79 Å². The summed E-state index contributed by atoms with van der Waals surface area (Å²) >= 11 is 0. The molecule has 0 atom stereocenters. The molecule has 0 radical (unpaired) electrons. The first kappa shape index (κ1) is 12.5. The van der Waals surface area contributed by atoms with Crippen LogP contribution >= 0.6 is 0 Å². The molecule has 2 nitrogen and oxygen atoms in total. The molecule has 0 bridgehead atoms. The third-order valence-electron chi connectivity index (χ3n) is 3.32. The summed E-state index contributed by atoms with van der Waals surface area (Å²) in [6.45, 7) is 4.63. The van der Waals surface area contributed by atoms with Crippen molar-refractivity contribution in [3.8, 4) is 0 Å². The van der Waals surface area contributed by atoms with E-state index in [9.17, 15) is 4.79 Å². The molecule has 0 aromatic rings. The predicted octanol–water partition coefficient (Wildman–Crippen LogP) is 3.55. The van der Waals surface area contributed by atoms with Crippen LogP contribution in [0, 0.1) is 11.8 Å². The Labute approximate surface area is 93.4 Å². The van der Waals surface area contributed by atoms with Crippen molar-refractivity contribution in [1.82, 2.24) is 0 Å². The summed E-state index contributed by atoms with van der Waals surface area (Å²) < 4.78 is 5.00. The second-order valence-corrected chi connectivity index (χ2v) is 4.64. The topological polar surface area (TPSA) is 26.3 Å². The highest BCUT2D eigenvalue weighted by atomic mass is 16.5. The molecule has 0 aromatic carbocycles. The molecule has 2 heteroatoms. The number of hydrogen-bond acceptors (Lipinski definition) is 2. The van der Waals surface area contributed by atoms with Crippen molar-refractivity contribution in [3.63, 3.8) is 0 Å². The molecule has 15 heavy (non-hydrogen) atoms. The van der Waals surface area contributed by atoms with E-state index in [4.69, 9.17) is 4.74 Å². The van der Waals surface area contributed by atoms with Gasteiger partial charge in [0.05, 0.1) is 12.5 Å². The molecule has 1 fully saturated rings. The van der Waals surface area contributed by atoms with E-state index in [1.165, 1.54) is 32.1 Å². The van der Waals surface area contributed by atoms with Crippen LogP contribution in [0.25, 0.3) is 0 Å². The maximum atomic E-state index is 11.3. The van der Waals surface area contributed by atoms with Gasteiger partial charge in [0.25, 0.3) is 0 Å². The fraction of sp³-hybridized carbons (Fsp3) is 0.923. The number of unbranched alkanes of at least 4 members (excludes halogenated alkanes) is 3. The number of ether oxygens (including phenoxy) is 1. The molecule has 0 aliphatic heterocycles. The first-order valence-electron chi connectivity index (χ1n) is 6.44. The first-order valence-corrected chi connectivity index (χ1v) is 6.44. The zero-order valence-electron chi connectivity index (χ0n) is 10.1.